The second-order valence-electron chi connectivity index (χ2n) is 3.08. The third-order valence-electron chi connectivity index (χ3n) is 1.98. The lowest BCUT2D eigenvalue weighted by molar-refractivity contribution is 0.469. The van der Waals surface area contributed by atoms with Gasteiger partial charge in [-0.25, -0.2) is 4.39 Å². The zero-order valence-electron chi connectivity index (χ0n) is 7.86. The first-order chi connectivity index (χ1) is 7.08. The van der Waals surface area contributed by atoms with Crippen LogP contribution in [0.1, 0.15) is 0 Å². The molecule has 78 valence electrons. The van der Waals surface area contributed by atoms with Crippen LogP contribution in [0.15, 0.2) is 18.2 Å². The van der Waals surface area contributed by atoms with Crippen molar-refractivity contribution in [3.63, 3.8) is 0 Å². The van der Waals surface area contributed by atoms with Gasteiger partial charge in [0.25, 0.3) is 0 Å². The third-order valence-corrected chi connectivity index (χ3v) is 2.34. The van der Waals surface area contributed by atoms with Gasteiger partial charge < -0.3 is 5.11 Å². The van der Waals surface area contributed by atoms with Crippen LogP contribution < -0.4 is 0 Å². The van der Waals surface area contributed by atoms with E-state index in [-0.39, 0.29) is 11.3 Å². The fourth-order valence-electron chi connectivity index (χ4n) is 1.22. The molecule has 0 saturated heterocycles. The summed E-state index contributed by atoms with van der Waals surface area (Å²) in [5.74, 6) is -0.315. The van der Waals surface area contributed by atoms with Crippen LogP contribution in [0, 0.1) is 10.6 Å². The second kappa shape index (κ2) is 3.47. The molecule has 2 aromatic rings. The Bertz CT molecular complexity index is 561. The number of aromatic hydroxyl groups is 1. The summed E-state index contributed by atoms with van der Waals surface area (Å²) in [7, 11) is 1.69. The van der Waals surface area contributed by atoms with Crippen molar-refractivity contribution in [1.82, 2.24) is 14.8 Å². The van der Waals surface area contributed by atoms with E-state index in [0.29, 0.717) is 10.6 Å². The maximum atomic E-state index is 13.4. The molecule has 0 atom stereocenters. The van der Waals surface area contributed by atoms with Crippen LogP contribution in [-0.2, 0) is 7.05 Å². The van der Waals surface area contributed by atoms with Gasteiger partial charge in [-0.2, -0.15) is 4.98 Å². The molecule has 0 bridgehead atoms. The van der Waals surface area contributed by atoms with Crippen molar-refractivity contribution in [2.45, 2.75) is 0 Å². The topological polar surface area (TPSA) is 53.8 Å². The number of rotatable bonds is 1. The van der Waals surface area contributed by atoms with Crippen molar-refractivity contribution < 1.29 is 9.50 Å². The zero-order chi connectivity index (χ0) is 11.0. The fourth-order valence-corrected chi connectivity index (χ4v) is 1.36. The molecule has 6 heteroatoms. The van der Waals surface area contributed by atoms with Crippen molar-refractivity contribution in [1.29, 1.82) is 0 Å². The molecule has 1 heterocycles. The van der Waals surface area contributed by atoms with Crippen LogP contribution in [0.2, 0.25) is 0 Å². The van der Waals surface area contributed by atoms with E-state index in [0.717, 1.165) is 6.07 Å². The summed E-state index contributed by atoms with van der Waals surface area (Å²) in [6, 6.07) is 3.86. The molecule has 0 saturated carbocycles. The highest BCUT2D eigenvalue weighted by Gasteiger charge is 2.09. The van der Waals surface area contributed by atoms with Gasteiger partial charge in [0.05, 0.1) is 5.56 Å². The molecule has 0 amide bonds. The summed E-state index contributed by atoms with van der Waals surface area (Å²) < 4.78 is 15.3. The highest BCUT2D eigenvalue weighted by atomic mass is 32.1. The van der Waals surface area contributed by atoms with E-state index < -0.39 is 5.82 Å². The molecule has 0 unspecified atom stereocenters. The minimum absolute atomic E-state index is 0.120. The Kier molecular flexibility index (Phi) is 2.28. The molecule has 0 radical (unpaired) electrons. The number of nitrogens with zero attached hydrogens (tertiary/aromatic N) is 2. The fraction of sp³-hybridized carbons (Fsp3) is 0.111. The predicted molar refractivity (Wildman–Crippen MR) is 55.5 cm³/mol. The summed E-state index contributed by atoms with van der Waals surface area (Å²) in [6.07, 6.45) is 0. The summed E-state index contributed by atoms with van der Waals surface area (Å²) in [4.78, 5) is 3.97. The number of aromatic amines is 1. The first kappa shape index (κ1) is 9.85. The Balaban J connectivity index is 2.59. The van der Waals surface area contributed by atoms with Gasteiger partial charge in [0.1, 0.15) is 11.6 Å². The van der Waals surface area contributed by atoms with E-state index in [2.05, 4.69) is 10.1 Å². The summed E-state index contributed by atoms with van der Waals surface area (Å²) in [5, 5.41) is 11.8. The molecular weight excluding hydrogens is 217 g/mol. The molecule has 0 spiro atoms. The molecule has 15 heavy (non-hydrogen) atoms. The molecule has 4 nitrogen and oxygen atoms in total. The van der Waals surface area contributed by atoms with Crippen molar-refractivity contribution in [3.05, 3.63) is 28.8 Å². The van der Waals surface area contributed by atoms with Gasteiger partial charge in [-0.1, -0.05) is 0 Å². The SMILES string of the molecule is Cn1[nH]c(-c2ccc(O)cc2F)nc1=S. The van der Waals surface area contributed by atoms with E-state index in [9.17, 15) is 4.39 Å². The van der Waals surface area contributed by atoms with Crippen LogP contribution in [0.4, 0.5) is 4.39 Å². The predicted octanol–water partition coefficient (Wildman–Crippen LogP) is 1.99. The number of benzene rings is 1. The van der Waals surface area contributed by atoms with Crippen LogP contribution in [0.5, 0.6) is 5.75 Å². The van der Waals surface area contributed by atoms with Gasteiger partial charge in [0, 0.05) is 13.1 Å². The van der Waals surface area contributed by atoms with Crippen molar-refractivity contribution in [2.75, 3.05) is 0 Å². The Hall–Kier alpha value is -1.69. The van der Waals surface area contributed by atoms with Crippen molar-refractivity contribution in [2.24, 2.45) is 7.05 Å². The molecule has 1 aromatic heterocycles. The van der Waals surface area contributed by atoms with E-state index in [1.165, 1.54) is 16.8 Å². The number of halogens is 1. The van der Waals surface area contributed by atoms with Gasteiger partial charge in [-0.3, -0.25) is 9.78 Å². The smallest absolute Gasteiger partial charge is 0.216 e. The van der Waals surface area contributed by atoms with Gasteiger partial charge in [0.15, 0.2) is 5.82 Å². The summed E-state index contributed by atoms with van der Waals surface area (Å²) in [6.45, 7) is 0. The number of hydrogen-bond acceptors (Lipinski definition) is 3. The van der Waals surface area contributed by atoms with Gasteiger partial charge in [-0.05, 0) is 24.4 Å². The monoisotopic (exact) mass is 225 g/mol. The van der Waals surface area contributed by atoms with E-state index >= 15 is 0 Å². The van der Waals surface area contributed by atoms with Gasteiger partial charge in [0.2, 0.25) is 4.77 Å². The van der Waals surface area contributed by atoms with Crippen molar-refractivity contribution in [3.8, 4) is 17.1 Å². The van der Waals surface area contributed by atoms with Crippen molar-refractivity contribution >= 4 is 12.2 Å². The molecular formula is C9H8FN3OS. The lowest BCUT2D eigenvalue weighted by atomic mass is 10.2. The molecule has 2 rings (SSSR count). The maximum absolute atomic E-state index is 13.4. The van der Waals surface area contributed by atoms with Gasteiger partial charge in [-0.15, -0.1) is 0 Å². The number of phenolic OH excluding ortho intramolecular Hbond substituents is 1. The normalized spacial score (nSPS) is 10.5. The second-order valence-corrected chi connectivity index (χ2v) is 3.44. The van der Waals surface area contributed by atoms with E-state index in [4.69, 9.17) is 17.3 Å². The summed E-state index contributed by atoms with van der Waals surface area (Å²) >= 11 is 4.89. The number of phenols is 1. The maximum Gasteiger partial charge on any atom is 0.216 e. The number of H-pyrrole nitrogens is 1. The lowest BCUT2D eigenvalue weighted by Crippen LogP contribution is -1.90. The molecule has 0 aliphatic heterocycles. The first-order valence-electron chi connectivity index (χ1n) is 4.20. The van der Waals surface area contributed by atoms with Crippen LogP contribution in [-0.4, -0.2) is 19.9 Å². The van der Waals surface area contributed by atoms with E-state index in [1.807, 2.05) is 0 Å². The average Bonchev–Trinajstić information content (AvgIpc) is 2.46. The number of nitrogens with one attached hydrogen (secondary N) is 1. The standard InChI is InChI=1S/C9H8FN3OS/c1-13-9(15)11-8(12-13)6-3-2-5(14)4-7(6)10/h2-4,14H,1H3,(H,11,12,15). The highest BCUT2D eigenvalue weighted by molar-refractivity contribution is 7.71. The highest BCUT2D eigenvalue weighted by Crippen LogP contribution is 2.22. The molecule has 2 N–H and O–H groups in total. The quantitative estimate of drug-likeness (QED) is 0.730. The first-order valence-corrected chi connectivity index (χ1v) is 4.60. The average molecular weight is 225 g/mol. The Morgan fingerprint density at radius 3 is 2.80 bits per heavy atom. The van der Waals surface area contributed by atoms with Crippen LogP contribution in [0.3, 0.4) is 0 Å². The minimum Gasteiger partial charge on any atom is -0.508 e. The van der Waals surface area contributed by atoms with E-state index in [1.54, 1.807) is 7.05 Å². The third kappa shape index (κ3) is 1.75. The summed E-state index contributed by atoms with van der Waals surface area (Å²) in [5.41, 5.74) is 0.277. The Morgan fingerprint density at radius 1 is 1.53 bits per heavy atom. The number of hydrogen-bond donors (Lipinski definition) is 2. The molecule has 0 fully saturated rings. The molecule has 0 aliphatic rings. The largest absolute Gasteiger partial charge is 0.508 e. The zero-order valence-corrected chi connectivity index (χ0v) is 8.68. The molecule has 1 aromatic carbocycles. The van der Waals surface area contributed by atoms with Crippen LogP contribution in [0.25, 0.3) is 11.4 Å². The van der Waals surface area contributed by atoms with Gasteiger partial charge >= 0.3 is 0 Å². The number of aromatic nitrogens is 3. The van der Waals surface area contributed by atoms with Crippen LogP contribution >= 0.6 is 12.2 Å². The minimum atomic E-state index is -0.542. The lowest BCUT2D eigenvalue weighted by Gasteiger charge is -1.99. The Morgan fingerprint density at radius 2 is 2.27 bits per heavy atom. The Labute approximate surface area is 90.0 Å². The number of aryl methyl sites for hydroxylation is 1. The molecule has 0 aliphatic carbocycles.